The molecule has 1 aliphatic rings. The molecule has 0 amide bonds. The van der Waals surface area contributed by atoms with Gasteiger partial charge in [-0.15, -0.1) is 0 Å². The minimum Gasteiger partial charge on any atom is -0.497 e. The number of carbonyl (C=O) groups is 1. The SMILES string of the molecule is CCOC(=O)C1=C(C)N=c2s/c(=C\c3ccc(OC)cc3)c(=O)n2C1c1ccc(OC)c(OC)c1. The Morgan fingerprint density at radius 2 is 1.77 bits per heavy atom. The fourth-order valence-electron chi connectivity index (χ4n) is 3.98. The van der Waals surface area contributed by atoms with Crippen LogP contribution in [0.15, 0.2) is 63.5 Å². The van der Waals surface area contributed by atoms with Crippen LogP contribution in [0.1, 0.15) is 31.0 Å². The molecule has 0 saturated heterocycles. The molecular weight excluding hydrogens is 468 g/mol. The summed E-state index contributed by atoms with van der Waals surface area (Å²) >= 11 is 1.27. The average Bonchev–Trinajstić information content (AvgIpc) is 3.17. The highest BCUT2D eigenvalue weighted by Crippen LogP contribution is 2.36. The Morgan fingerprint density at radius 3 is 2.40 bits per heavy atom. The second-order valence-electron chi connectivity index (χ2n) is 7.69. The molecule has 9 heteroatoms. The number of hydrogen-bond acceptors (Lipinski definition) is 8. The molecule has 35 heavy (non-hydrogen) atoms. The van der Waals surface area contributed by atoms with Crippen molar-refractivity contribution in [1.29, 1.82) is 0 Å². The van der Waals surface area contributed by atoms with E-state index in [0.29, 0.717) is 37.7 Å². The van der Waals surface area contributed by atoms with Gasteiger partial charge in [0.25, 0.3) is 5.56 Å². The smallest absolute Gasteiger partial charge is 0.338 e. The highest BCUT2D eigenvalue weighted by Gasteiger charge is 2.33. The summed E-state index contributed by atoms with van der Waals surface area (Å²) in [7, 11) is 4.69. The van der Waals surface area contributed by atoms with E-state index in [1.54, 1.807) is 50.8 Å². The Bertz CT molecular complexity index is 1470. The van der Waals surface area contributed by atoms with Crippen LogP contribution in [-0.4, -0.2) is 38.5 Å². The van der Waals surface area contributed by atoms with Crippen LogP contribution in [0.5, 0.6) is 17.2 Å². The van der Waals surface area contributed by atoms with Crippen molar-refractivity contribution in [3.63, 3.8) is 0 Å². The maximum Gasteiger partial charge on any atom is 0.338 e. The van der Waals surface area contributed by atoms with Gasteiger partial charge in [-0.25, -0.2) is 9.79 Å². The first-order valence-electron chi connectivity index (χ1n) is 11.0. The number of methoxy groups -OCH3 is 3. The zero-order chi connectivity index (χ0) is 25.1. The highest BCUT2D eigenvalue weighted by atomic mass is 32.1. The van der Waals surface area contributed by atoms with Crippen LogP contribution >= 0.6 is 11.3 Å². The van der Waals surface area contributed by atoms with E-state index >= 15 is 0 Å². The minimum atomic E-state index is -0.733. The zero-order valence-electron chi connectivity index (χ0n) is 20.2. The third-order valence-corrected chi connectivity index (χ3v) is 6.64. The molecule has 8 nitrogen and oxygen atoms in total. The number of nitrogens with zero attached hydrogens (tertiary/aromatic N) is 2. The normalized spacial score (nSPS) is 15.3. The first kappa shape index (κ1) is 24.3. The lowest BCUT2D eigenvalue weighted by molar-refractivity contribution is -0.139. The summed E-state index contributed by atoms with van der Waals surface area (Å²) < 4.78 is 23.4. The number of aromatic nitrogens is 1. The van der Waals surface area contributed by atoms with Crippen molar-refractivity contribution in [3.05, 3.63) is 84.5 Å². The number of thiazole rings is 1. The molecule has 0 aliphatic carbocycles. The molecule has 3 aromatic rings. The van der Waals surface area contributed by atoms with Gasteiger partial charge in [-0.3, -0.25) is 9.36 Å². The van der Waals surface area contributed by atoms with Crippen molar-refractivity contribution in [2.45, 2.75) is 19.9 Å². The molecule has 1 aromatic heterocycles. The molecule has 0 bridgehead atoms. The maximum absolute atomic E-state index is 13.7. The number of allylic oxidation sites excluding steroid dienone is 1. The molecule has 4 rings (SSSR count). The topological polar surface area (TPSA) is 88.4 Å². The molecule has 1 aliphatic heterocycles. The lowest BCUT2D eigenvalue weighted by Crippen LogP contribution is -2.39. The van der Waals surface area contributed by atoms with E-state index in [9.17, 15) is 9.59 Å². The van der Waals surface area contributed by atoms with Gasteiger partial charge in [0.1, 0.15) is 5.75 Å². The van der Waals surface area contributed by atoms with Gasteiger partial charge in [0, 0.05) is 0 Å². The van der Waals surface area contributed by atoms with E-state index in [-0.39, 0.29) is 12.2 Å². The fourth-order valence-corrected chi connectivity index (χ4v) is 5.03. The lowest BCUT2D eigenvalue weighted by atomic mass is 9.95. The molecule has 0 radical (unpaired) electrons. The van der Waals surface area contributed by atoms with E-state index < -0.39 is 12.0 Å². The van der Waals surface area contributed by atoms with Gasteiger partial charge < -0.3 is 18.9 Å². The number of esters is 1. The van der Waals surface area contributed by atoms with Crippen LogP contribution in [0.4, 0.5) is 0 Å². The highest BCUT2D eigenvalue weighted by molar-refractivity contribution is 7.07. The largest absolute Gasteiger partial charge is 0.497 e. The third kappa shape index (κ3) is 4.59. The Morgan fingerprint density at radius 1 is 1.06 bits per heavy atom. The standard InChI is InChI=1S/C26H26N2O6S/c1-6-34-25(30)22-15(2)27-26-28(23(22)17-9-12-19(32-4)20(14-17)33-5)24(29)21(35-26)13-16-7-10-18(31-3)11-8-16/h7-14,23H,6H2,1-5H3/b21-13-. The quantitative estimate of drug-likeness (QED) is 0.470. The van der Waals surface area contributed by atoms with Crippen LogP contribution in [0.3, 0.4) is 0 Å². The van der Waals surface area contributed by atoms with Crippen molar-refractivity contribution in [2.75, 3.05) is 27.9 Å². The molecule has 0 N–H and O–H groups in total. The van der Waals surface area contributed by atoms with Crippen molar-refractivity contribution in [1.82, 2.24) is 4.57 Å². The van der Waals surface area contributed by atoms with E-state index in [4.69, 9.17) is 18.9 Å². The lowest BCUT2D eigenvalue weighted by Gasteiger charge is -2.25. The van der Waals surface area contributed by atoms with Gasteiger partial charge in [-0.2, -0.15) is 0 Å². The minimum absolute atomic E-state index is 0.205. The van der Waals surface area contributed by atoms with E-state index in [2.05, 4.69) is 4.99 Å². The van der Waals surface area contributed by atoms with Gasteiger partial charge in [0.15, 0.2) is 16.3 Å². The summed E-state index contributed by atoms with van der Waals surface area (Å²) in [5.74, 6) is 1.24. The van der Waals surface area contributed by atoms with Crippen molar-refractivity contribution < 1.29 is 23.7 Å². The van der Waals surface area contributed by atoms with Crippen molar-refractivity contribution in [2.24, 2.45) is 4.99 Å². The van der Waals surface area contributed by atoms with Gasteiger partial charge in [-0.05, 0) is 55.3 Å². The van der Waals surface area contributed by atoms with E-state index in [1.165, 1.54) is 18.4 Å². The molecule has 2 heterocycles. The van der Waals surface area contributed by atoms with Crippen LogP contribution in [-0.2, 0) is 9.53 Å². The molecular formula is C26H26N2O6S. The molecule has 2 aromatic carbocycles. The number of ether oxygens (including phenoxy) is 4. The number of benzene rings is 2. The van der Waals surface area contributed by atoms with Crippen LogP contribution in [0, 0.1) is 0 Å². The third-order valence-electron chi connectivity index (χ3n) is 5.65. The first-order chi connectivity index (χ1) is 16.9. The van der Waals surface area contributed by atoms with Gasteiger partial charge in [-0.1, -0.05) is 29.5 Å². The summed E-state index contributed by atoms with van der Waals surface area (Å²) in [6.07, 6.45) is 1.80. The zero-order valence-corrected chi connectivity index (χ0v) is 21.0. The van der Waals surface area contributed by atoms with Gasteiger partial charge >= 0.3 is 5.97 Å². The Labute approximate surface area is 206 Å². The van der Waals surface area contributed by atoms with Crippen LogP contribution in [0.2, 0.25) is 0 Å². The first-order valence-corrected chi connectivity index (χ1v) is 11.8. The van der Waals surface area contributed by atoms with Gasteiger partial charge in [0.05, 0.1) is 49.8 Å². The maximum atomic E-state index is 13.7. The van der Waals surface area contributed by atoms with Crippen molar-refractivity contribution in [3.8, 4) is 17.2 Å². The Hall–Kier alpha value is -3.85. The number of hydrogen-bond donors (Lipinski definition) is 0. The molecule has 182 valence electrons. The summed E-state index contributed by atoms with van der Waals surface area (Å²) in [6.45, 7) is 3.69. The van der Waals surface area contributed by atoms with E-state index in [1.807, 2.05) is 30.3 Å². The van der Waals surface area contributed by atoms with Gasteiger partial charge in [0.2, 0.25) is 0 Å². The molecule has 0 spiro atoms. The second kappa shape index (κ2) is 10.2. The van der Waals surface area contributed by atoms with Crippen LogP contribution < -0.4 is 29.1 Å². The average molecular weight is 495 g/mol. The number of fused-ring (bicyclic) bond motifs is 1. The van der Waals surface area contributed by atoms with Crippen molar-refractivity contribution >= 4 is 23.4 Å². The Balaban J connectivity index is 1.94. The van der Waals surface area contributed by atoms with Crippen LogP contribution in [0.25, 0.3) is 6.08 Å². The summed E-state index contributed by atoms with van der Waals surface area (Å²) in [5, 5.41) is 0. The summed E-state index contributed by atoms with van der Waals surface area (Å²) in [4.78, 5) is 31.8. The number of carbonyl (C=O) groups excluding carboxylic acids is 1. The summed E-state index contributed by atoms with van der Waals surface area (Å²) in [5.41, 5.74) is 2.08. The molecule has 0 saturated carbocycles. The predicted octanol–water partition coefficient (Wildman–Crippen LogP) is 2.82. The molecule has 1 unspecified atom stereocenters. The van der Waals surface area contributed by atoms with E-state index in [0.717, 1.165) is 11.3 Å². The molecule has 1 atom stereocenters. The molecule has 0 fully saturated rings. The second-order valence-corrected chi connectivity index (χ2v) is 8.70. The predicted molar refractivity (Wildman–Crippen MR) is 133 cm³/mol. The monoisotopic (exact) mass is 494 g/mol. The summed E-state index contributed by atoms with van der Waals surface area (Å²) in [6, 6.07) is 12.0. The Kier molecular flexibility index (Phi) is 7.07. The number of rotatable bonds is 7. The fraction of sp³-hybridized carbons (Fsp3) is 0.269.